The van der Waals surface area contributed by atoms with Gasteiger partial charge in [-0.05, 0) is 56.6 Å². The van der Waals surface area contributed by atoms with Gasteiger partial charge in [0.2, 0.25) is 10.0 Å². The van der Waals surface area contributed by atoms with Crippen LogP contribution < -0.4 is 4.72 Å². The first-order valence-corrected chi connectivity index (χ1v) is 9.85. The van der Waals surface area contributed by atoms with Gasteiger partial charge in [-0.3, -0.25) is 0 Å². The van der Waals surface area contributed by atoms with Crippen molar-refractivity contribution >= 4 is 10.0 Å². The number of hydrogen-bond donors (Lipinski definition) is 1. The van der Waals surface area contributed by atoms with Gasteiger partial charge >= 0.3 is 0 Å². The van der Waals surface area contributed by atoms with Gasteiger partial charge in [0, 0.05) is 6.61 Å². The molecule has 2 aliphatic rings. The molecule has 1 fully saturated rings. The van der Waals surface area contributed by atoms with E-state index < -0.39 is 15.6 Å². The molecule has 0 bridgehead atoms. The predicted molar refractivity (Wildman–Crippen MR) is 87.2 cm³/mol. The Bertz CT molecular complexity index is 623. The number of ether oxygens (including phenoxy) is 1. The van der Waals surface area contributed by atoms with Crippen LogP contribution in [0.25, 0.3) is 0 Å². The quantitative estimate of drug-likeness (QED) is 0.906. The molecule has 22 heavy (non-hydrogen) atoms. The van der Waals surface area contributed by atoms with Crippen LogP contribution >= 0.6 is 0 Å². The number of benzene rings is 1. The van der Waals surface area contributed by atoms with Crippen LogP contribution in [0.4, 0.5) is 0 Å². The second kappa shape index (κ2) is 6.30. The van der Waals surface area contributed by atoms with E-state index in [-0.39, 0.29) is 11.9 Å². The summed E-state index contributed by atoms with van der Waals surface area (Å²) in [6.45, 7) is 2.78. The summed E-state index contributed by atoms with van der Waals surface area (Å²) < 4.78 is 33.5. The summed E-state index contributed by atoms with van der Waals surface area (Å²) in [5, 5.41) is 0. The minimum atomic E-state index is -3.30. The Hall–Kier alpha value is -0.910. The van der Waals surface area contributed by atoms with Crippen molar-refractivity contribution < 1.29 is 13.2 Å². The van der Waals surface area contributed by atoms with E-state index in [1.807, 2.05) is 19.1 Å². The fourth-order valence-corrected chi connectivity index (χ4v) is 5.28. The third-order valence-electron chi connectivity index (χ3n) is 4.85. The summed E-state index contributed by atoms with van der Waals surface area (Å²) in [4.78, 5) is 0. The monoisotopic (exact) mass is 323 g/mol. The van der Waals surface area contributed by atoms with E-state index in [1.54, 1.807) is 0 Å². The van der Waals surface area contributed by atoms with E-state index in [0.717, 1.165) is 44.3 Å². The molecule has 0 saturated carbocycles. The Kier molecular flexibility index (Phi) is 4.57. The SMILES string of the molecule is C[C@]1(NS(=O)(=O)CC[C@H]2CCCO2)CCCc2ccccc21. The van der Waals surface area contributed by atoms with Crippen LogP contribution in [0.3, 0.4) is 0 Å². The second-order valence-corrected chi connectivity index (χ2v) is 8.53. The number of nitrogens with one attached hydrogen (secondary N) is 1. The molecule has 0 spiro atoms. The average Bonchev–Trinajstić information content (AvgIpc) is 2.98. The Labute approximate surface area is 133 Å². The van der Waals surface area contributed by atoms with Gasteiger partial charge in [-0.1, -0.05) is 24.3 Å². The highest BCUT2D eigenvalue weighted by Gasteiger charge is 2.35. The van der Waals surface area contributed by atoms with Gasteiger partial charge < -0.3 is 4.74 Å². The molecule has 1 aliphatic heterocycles. The number of fused-ring (bicyclic) bond motifs is 1. The Balaban J connectivity index is 1.71. The zero-order valence-electron chi connectivity index (χ0n) is 13.2. The van der Waals surface area contributed by atoms with Crippen LogP contribution in [-0.2, 0) is 26.7 Å². The van der Waals surface area contributed by atoms with Crippen molar-refractivity contribution in [1.29, 1.82) is 0 Å². The third kappa shape index (κ3) is 3.53. The maximum atomic E-state index is 12.5. The van der Waals surface area contributed by atoms with E-state index in [0.29, 0.717) is 6.42 Å². The van der Waals surface area contributed by atoms with E-state index in [4.69, 9.17) is 4.74 Å². The van der Waals surface area contributed by atoms with Crippen LogP contribution in [0.5, 0.6) is 0 Å². The van der Waals surface area contributed by atoms with E-state index in [1.165, 1.54) is 5.56 Å². The second-order valence-electron chi connectivity index (χ2n) is 6.69. The van der Waals surface area contributed by atoms with E-state index in [2.05, 4.69) is 16.9 Å². The van der Waals surface area contributed by atoms with Crippen molar-refractivity contribution in [2.75, 3.05) is 12.4 Å². The molecule has 0 unspecified atom stereocenters. The van der Waals surface area contributed by atoms with Crippen molar-refractivity contribution in [2.24, 2.45) is 0 Å². The zero-order valence-corrected chi connectivity index (χ0v) is 14.0. The minimum Gasteiger partial charge on any atom is -0.378 e. The molecule has 1 aliphatic carbocycles. The van der Waals surface area contributed by atoms with Crippen molar-refractivity contribution in [1.82, 2.24) is 4.72 Å². The van der Waals surface area contributed by atoms with Crippen molar-refractivity contribution in [3.63, 3.8) is 0 Å². The molecule has 122 valence electrons. The van der Waals surface area contributed by atoms with Gasteiger partial charge in [-0.25, -0.2) is 13.1 Å². The van der Waals surface area contributed by atoms with Crippen LogP contribution in [0.15, 0.2) is 24.3 Å². The molecule has 1 aromatic rings. The zero-order chi connectivity index (χ0) is 15.6. The van der Waals surface area contributed by atoms with Gasteiger partial charge in [0.05, 0.1) is 17.4 Å². The summed E-state index contributed by atoms with van der Waals surface area (Å²) >= 11 is 0. The largest absolute Gasteiger partial charge is 0.378 e. The fourth-order valence-electron chi connectivity index (χ4n) is 3.70. The van der Waals surface area contributed by atoms with Crippen LogP contribution in [0.2, 0.25) is 0 Å². The van der Waals surface area contributed by atoms with Crippen molar-refractivity contribution in [3.05, 3.63) is 35.4 Å². The lowest BCUT2D eigenvalue weighted by molar-refractivity contribution is 0.108. The molecular weight excluding hydrogens is 298 g/mol. The first-order valence-electron chi connectivity index (χ1n) is 8.20. The summed E-state index contributed by atoms with van der Waals surface area (Å²) in [5.74, 6) is 0.148. The maximum absolute atomic E-state index is 12.5. The molecule has 0 amide bonds. The van der Waals surface area contributed by atoms with Gasteiger partial charge in [-0.15, -0.1) is 0 Å². The van der Waals surface area contributed by atoms with Crippen LogP contribution in [0, 0.1) is 0 Å². The normalized spacial score (nSPS) is 28.5. The molecule has 1 N–H and O–H groups in total. The Morgan fingerprint density at radius 1 is 1.32 bits per heavy atom. The third-order valence-corrected chi connectivity index (χ3v) is 6.38. The number of rotatable bonds is 5. The van der Waals surface area contributed by atoms with Crippen molar-refractivity contribution in [2.45, 2.75) is 57.1 Å². The molecule has 1 aromatic carbocycles. The highest BCUT2D eigenvalue weighted by atomic mass is 32.2. The maximum Gasteiger partial charge on any atom is 0.212 e. The lowest BCUT2D eigenvalue weighted by Gasteiger charge is -2.36. The van der Waals surface area contributed by atoms with E-state index >= 15 is 0 Å². The summed E-state index contributed by atoms with van der Waals surface area (Å²) in [7, 11) is -3.30. The van der Waals surface area contributed by atoms with Gasteiger partial charge in [0.1, 0.15) is 0 Å². The molecule has 1 saturated heterocycles. The number of aryl methyl sites for hydroxylation is 1. The average molecular weight is 323 g/mol. The minimum absolute atomic E-state index is 0.114. The Morgan fingerprint density at radius 2 is 2.14 bits per heavy atom. The topological polar surface area (TPSA) is 55.4 Å². The lowest BCUT2D eigenvalue weighted by atomic mass is 9.79. The van der Waals surface area contributed by atoms with Crippen molar-refractivity contribution in [3.8, 4) is 0 Å². The van der Waals surface area contributed by atoms with Gasteiger partial charge in [0.25, 0.3) is 0 Å². The standard InChI is InChI=1S/C17H25NO3S/c1-17(11-4-7-14-6-2-3-9-16(14)17)18-22(19,20)13-10-15-8-5-12-21-15/h2-3,6,9,15,18H,4-5,7-8,10-13H2,1H3/t15-,17+/m1/s1. The van der Waals surface area contributed by atoms with Crippen LogP contribution in [0.1, 0.15) is 50.2 Å². The molecule has 1 heterocycles. The molecule has 0 radical (unpaired) electrons. The molecule has 4 nitrogen and oxygen atoms in total. The first-order chi connectivity index (χ1) is 10.5. The smallest absolute Gasteiger partial charge is 0.212 e. The number of hydrogen-bond acceptors (Lipinski definition) is 3. The molecular formula is C17H25NO3S. The molecule has 3 rings (SSSR count). The van der Waals surface area contributed by atoms with Gasteiger partial charge in [0.15, 0.2) is 0 Å². The van der Waals surface area contributed by atoms with Gasteiger partial charge in [-0.2, -0.15) is 0 Å². The highest BCUT2D eigenvalue weighted by Crippen LogP contribution is 2.35. The van der Waals surface area contributed by atoms with E-state index in [9.17, 15) is 8.42 Å². The Morgan fingerprint density at radius 3 is 2.91 bits per heavy atom. The molecule has 2 atom stereocenters. The van der Waals surface area contributed by atoms with Crippen LogP contribution in [-0.4, -0.2) is 26.9 Å². The highest BCUT2D eigenvalue weighted by molar-refractivity contribution is 7.89. The summed E-state index contributed by atoms with van der Waals surface area (Å²) in [5.41, 5.74) is 1.91. The number of sulfonamides is 1. The predicted octanol–water partition coefficient (Wildman–Crippen LogP) is 2.73. The summed E-state index contributed by atoms with van der Waals surface area (Å²) in [6, 6.07) is 8.17. The fraction of sp³-hybridized carbons (Fsp3) is 0.647. The molecule has 5 heteroatoms. The lowest BCUT2D eigenvalue weighted by Crippen LogP contribution is -2.46. The summed E-state index contributed by atoms with van der Waals surface area (Å²) in [6.07, 6.45) is 5.63. The first kappa shape index (κ1) is 16.0. The molecule has 0 aromatic heterocycles.